The molecule has 0 unspecified atom stereocenters. The lowest BCUT2D eigenvalue weighted by atomic mass is 10.1. The zero-order valence-corrected chi connectivity index (χ0v) is 11.1. The van der Waals surface area contributed by atoms with Crippen LogP contribution in [0.1, 0.15) is 0 Å². The first kappa shape index (κ1) is 11.7. The van der Waals surface area contributed by atoms with Crippen molar-refractivity contribution in [3.63, 3.8) is 0 Å². The fraction of sp³-hybridized carbons (Fsp3) is 0.250. The summed E-state index contributed by atoms with van der Waals surface area (Å²) >= 11 is 8.09. The standard InChI is InChI=1S/C12H12ClN3OS/c13-9-3-7(10-4-12(14)16-15-10)1-2-11(9)17-8-5-18-6-8/h1-4,8H,5-6H2,(H3,14,15,16). The number of rotatable bonds is 3. The van der Waals surface area contributed by atoms with Gasteiger partial charge < -0.3 is 10.5 Å². The number of aromatic amines is 1. The third kappa shape index (κ3) is 2.28. The van der Waals surface area contributed by atoms with Gasteiger partial charge in [-0.1, -0.05) is 11.6 Å². The summed E-state index contributed by atoms with van der Waals surface area (Å²) in [5.74, 6) is 3.27. The molecule has 2 aromatic rings. The van der Waals surface area contributed by atoms with E-state index >= 15 is 0 Å². The molecule has 3 N–H and O–H groups in total. The Kier molecular flexibility index (Phi) is 3.09. The van der Waals surface area contributed by atoms with Crippen LogP contribution in [-0.4, -0.2) is 27.8 Å². The van der Waals surface area contributed by atoms with Gasteiger partial charge >= 0.3 is 0 Å². The predicted molar refractivity (Wildman–Crippen MR) is 75.2 cm³/mol. The minimum Gasteiger partial charge on any atom is -0.487 e. The molecule has 4 nitrogen and oxygen atoms in total. The van der Waals surface area contributed by atoms with Crippen LogP contribution in [0.25, 0.3) is 11.3 Å². The van der Waals surface area contributed by atoms with Gasteiger partial charge in [-0.25, -0.2) is 0 Å². The Labute approximate surface area is 114 Å². The summed E-state index contributed by atoms with van der Waals surface area (Å²) in [6.45, 7) is 0. The molecule has 0 amide bonds. The number of hydrogen-bond acceptors (Lipinski definition) is 4. The summed E-state index contributed by atoms with van der Waals surface area (Å²) in [5, 5.41) is 7.35. The molecule has 0 spiro atoms. The SMILES string of the molecule is Nc1cc(-c2ccc(OC3CSC3)c(Cl)c2)[nH]n1. The van der Waals surface area contributed by atoms with E-state index in [9.17, 15) is 0 Å². The smallest absolute Gasteiger partial charge is 0.145 e. The third-order valence-corrected chi connectivity index (χ3v) is 4.25. The number of anilines is 1. The van der Waals surface area contributed by atoms with Gasteiger partial charge in [-0.05, 0) is 18.2 Å². The molecule has 0 atom stereocenters. The van der Waals surface area contributed by atoms with E-state index in [-0.39, 0.29) is 0 Å². The second kappa shape index (κ2) is 4.74. The molecule has 0 bridgehead atoms. The highest BCUT2D eigenvalue weighted by Crippen LogP contribution is 2.33. The van der Waals surface area contributed by atoms with Crippen molar-refractivity contribution in [3.05, 3.63) is 29.3 Å². The van der Waals surface area contributed by atoms with E-state index in [1.165, 1.54) is 0 Å². The number of halogens is 1. The van der Waals surface area contributed by atoms with Gasteiger partial charge in [-0.3, -0.25) is 5.10 Å². The van der Waals surface area contributed by atoms with Crippen LogP contribution in [0, 0.1) is 0 Å². The molecule has 0 aliphatic carbocycles. The van der Waals surface area contributed by atoms with Gasteiger partial charge in [0.1, 0.15) is 17.7 Å². The van der Waals surface area contributed by atoms with Crippen molar-refractivity contribution in [1.82, 2.24) is 10.2 Å². The summed E-state index contributed by atoms with van der Waals surface area (Å²) < 4.78 is 5.77. The molecule has 94 valence electrons. The zero-order valence-electron chi connectivity index (χ0n) is 9.52. The van der Waals surface area contributed by atoms with E-state index in [4.69, 9.17) is 22.1 Å². The van der Waals surface area contributed by atoms with Gasteiger partial charge in [0.15, 0.2) is 0 Å². The molecule has 1 aliphatic rings. The molecule has 1 aromatic heterocycles. The Morgan fingerprint density at radius 1 is 1.39 bits per heavy atom. The number of nitrogen functional groups attached to an aromatic ring is 1. The summed E-state index contributed by atoms with van der Waals surface area (Å²) in [4.78, 5) is 0. The molecule has 3 rings (SSSR count). The number of hydrogen-bond donors (Lipinski definition) is 2. The van der Waals surface area contributed by atoms with Crippen molar-refractivity contribution >= 4 is 29.2 Å². The Hall–Kier alpha value is -1.33. The molecule has 1 saturated heterocycles. The van der Waals surface area contributed by atoms with Crippen LogP contribution in [0.3, 0.4) is 0 Å². The number of H-pyrrole nitrogens is 1. The van der Waals surface area contributed by atoms with Crippen LogP contribution in [0.2, 0.25) is 5.02 Å². The Balaban J connectivity index is 1.83. The normalized spacial score (nSPS) is 15.4. The predicted octanol–water partition coefficient (Wildman–Crippen LogP) is 2.81. The van der Waals surface area contributed by atoms with E-state index in [0.29, 0.717) is 16.9 Å². The molecule has 2 heterocycles. The van der Waals surface area contributed by atoms with Crippen LogP contribution in [0.5, 0.6) is 5.75 Å². The summed E-state index contributed by atoms with van der Waals surface area (Å²) in [5.41, 5.74) is 7.36. The largest absolute Gasteiger partial charge is 0.487 e. The Morgan fingerprint density at radius 3 is 2.78 bits per heavy atom. The van der Waals surface area contributed by atoms with Gasteiger partial charge in [-0.15, -0.1) is 0 Å². The number of thioether (sulfide) groups is 1. The van der Waals surface area contributed by atoms with Crippen molar-refractivity contribution < 1.29 is 4.74 Å². The average molecular weight is 282 g/mol. The van der Waals surface area contributed by atoms with Gasteiger partial charge in [0.25, 0.3) is 0 Å². The van der Waals surface area contributed by atoms with Gasteiger partial charge in [-0.2, -0.15) is 16.9 Å². The van der Waals surface area contributed by atoms with Crippen molar-refractivity contribution in [2.24, 2.45) is 0 Å². The minimum atomic E-state index is 0.293. The summed E-state index contributed by atoms with van der Waals surface area (Å²) in [6, 6.07) is 7.46. The van der Waals surface area contributed by atoms with Crippen LogP contribution < -0.4 is 10.5 Å². The van der Waals surface area contributed by atoms with Crippen molar-refractivity contribution in [2.75, 3.05) is 17.2 Å². The number of benzene rings is 1. The monoisotopic (exact) mass is 281 g/mol. The first-order valence-electron chi connectivity index (χ1n) is 5.57. The maximum atomic E-state index is 6.21. The van der Waals surface area contributed by atoms with E-state index in [0.717, 1.165) is 28.5 Å². The van der Waals surface area contributed by atoms with Crippen molar-refractivity contribution in [1.29, 1.82) is 0 Å². The number of nitrogens with zero attached hydrogens (tertiary/aromatic N) is 1. The van der Waals surface area contributed by atoms with Crippen LogP contribution in [-0.2, 0) is 0 Å². The van der Waals surface area contributed by atoms with Crippen LogP contribution in [0.4, 0.5) is 5.82 Å². The first-order valence-corrected chi connectivity index (χ1v) is 7.11. The maximum Gasteiger partial charge on any atom is 0.145 e. The highest BCUT2D eigenvalue weighted by molar-refractivity contribution is 8.00. The molecular formula is C12H12ClN3OS. The summed E-state index contributed by atoms with van der Waals surface area (Å²) in [7, 11) is 0. The lowest BCUT2D eigenvalue weighted by Gasteiger charge is -2.26. The first-order chi connectivity index (χ1) is 8.72. The van der Waals surface area contributed by atoms with E-state index < -0.39 is 0 Å². The fourth-order valence-electron chi connectivity index (χ4n) is 1.71. The maximum absolute atomic E-state index is 6.21. The second-order valence-electron chi connectivity index (χ2n) is 4.13. The van der Waals surface area contributed by atoms with E-state index in [1.807, 2.05) is 30.0 Å². The Morgan fingerprint density at radius 2 is 2.22 bits per heavy atom. The van der Waals surface area contributed by atoms with E-state index in [2.05, 4.69) is 10.2 Å². The molecule has 6 heteroatoms. The molecule has 1 fully saturated rings. The number of nitrogens with one attached hydrogen (secondary N) is 1. The third-order valence-electron chi connectivity index (χ3n) is 2.74. The second-order valence-corrected chi connectivity index (χ2v) is 5.61. The van der Waals surface area contributed by atoms with Gasteiger partial charge in [0.05, 0.1) is 10.7 Å². The van der Waals surface area contributed by atoms with Crippen molar-refractivity contribution in [3.8, 4) is 17.0 Å². The number of nitrogens with two attached hydrogens (primary N) is 1. The summed E-state index contributed by atoms with van der Waals surface area (Å²) in [6.07, 6.45) is 0.293. The minimum absolute atomic E-state index is 0.293. The quantitative estimate of drug-likeness (QED) is 0.908. The highest BCUT2D eigenvalue weighted by Gasteiger charge is 2.21. The molecule has 1 aromatic carbocycles. The molecule has 0 saturated carbocycles. The molecule has 1 aliphatic heterocycles. The number of aromatic nitrogens is 2. The fourth-order valence-corrected chi connectivity index (χ4v) is 2.50. The van der Waals surface area contributed by atoms with Crippen LogP contribution >= 0.6 is 23.4 Å². The topological polar surface area (TPSA) is 63.9 Å². The zero-order chi connectivity index (χ0) is 12.5. The van der Waals surface area contributed by atoms with Crippen molar-refractivity contribution in [2.45, 2.75) is 6.10 Å². The molecule has 0 radical (unpaired) electrons. The van der Waals surface area contributed by atoms with Gasteiger partial charge in [0, 0.05) is 23.1 Å². The lowest BCUT2D eigenvalue weighted by Crippen LogP contribution is -2.31. The van der Waals surface area contributed by atoms with E-state index in [1.54, 1.807) is 6.07 Å². The lowest BCUT2D eigenvalue weighted by molar-refractivity contribution is 0.240. The average Bonchev–Trinajstić information content (AvgIpc) is 2.72. The number of ether oxygens (including phenoxy) is 1. The Bertz CT molecular complexity index is 568. The molecule has 18 heavy (non-hydrogen) atoms. The highest BCUT2D eigenvalue weighted by atomic mass is 35.5. The van der Waals surface area contributed by atoms with Crippen LogP contribution in [0.15, 0.2) is 24.3 Å². The van der Waals surface area contributed by atoms with Gasteiger partial charge in [0.2, 0.25) is 0 Å². The molecular weight excluding hydrogens is 270 g/mol.